The van der Waals surface area contributed by atoms with Crippen molar-refractivity contribution in [2.45, 2.75) is 27.7 Å². The largest absolute Gasteiger partial charge is 0.777 e. The number of fused-ring (bicyclic) bond motifs is 4. The molecule has 0 bridgehead atoms. The minimum Gasteiger partial charge on any atom is -0.610 e. The maximum Gasteiger partial charge on any atom is 0.777 e. The number of hydrogen-bond acceptors (Lipinski definition) is 8. The van der Waals surface area contributed by atoms with Gasteiger partial charge >= 0.3 is 6.96 Å². The first-order chi connectivity index (χ1) is 23.8. The summed E-state index contributed by atoms with van der Waals surface area (Å²) in [6, 6.07) is 38.8. The molecule has 4 heterocycles. The molecule has 4 aromatic carbocycles. The fourth-order valence-electron chi connectivity index (χ4n) is 6.02. The van der Waals surface area contributed by atoms with E-state index in [1.807, 2.05) is 149 Å². The molecular formula is C40H32BN4O4-. The van der Waals surface area contributed by atoms with Gasteiger partial charge in [0, 0.05) is 44.3 Å². The van der Waals surface area contributed by atoms with E-state index in [0.717, 1.165) is 44.3 Å². The van der Waals surface area contributed by atoms with Gasteiger partial charge in [0.15, 0.2) is 0 Å². The minimum atomic E-state index is -3.26. The van der Waals surface area contributed by atoms with Crippen LogP contribution < -0.4 is 18.6 Å². The normalized spacial score (nSPS) is 11.7. The van der Waals surface area contributed by atoms with Crippen LogP contribution in [-0.2, 0) is 0 Å². The number of nitrogens with zero attached hydrogens (tertiary/aromatic N) is 4. The summed E-state index contributed by atoms with van der Waals surface area (Å²) in [7, 11) is 0. The molecule has 0 N–H and O–H groups in total. The second-order valence-corrected chi connectivity index (χ2v) is 12.2. The molecule has 4 aromatic heterocycles. The monoisotopic (exact) mass is 643 g/mol. The molecule has 0 saturated heterocycles. The molecule has 0 radical (unpaired) electrons. The molecule has 0 unspecified atom stereocenters. The number of aromatic nitrogens is 4. The number of aryl methyl sites for hydroxylation is 4. The van der Waals surface area contributed by atoms with E-state index in [1.165, 1.54) is 0 Å². The van der Waals surface area contributed by atoms with Crippen LogP contribution in [0.15, 0.2) is 121 Å². The highest BCUT2D eigenvalue weighted by Gasteiger charge is 2.45. The van der Waals surface area contributed by atoms with Crippen molar-refractivity contribution in [3.05, 3.63) is 144 Å². The van der Waals surface area contributed by atoms with Crippen molar-refractivity contribution in [1.29, 1.82) is 0 Å². The molecule has 8 nitrogen and oxygen atoms in total. The number of para-hydroxylation sites is 4. The summed E-state index contributed by atoms with van der Waals surface area (Å²) in [6.07, 6.45) is 0. The lowest BCUT2D eigenvalue weighted by Gasteiger charge is -2.42. The third-order valence-electron chi connectivity index (χ3n) is 8.38. The van der Waals surface area contributed by atoms with Gasteiger partial charge in [-0.15, -0.1) is 0 Å². The Balaban J connectivity index is 1.40. The zero-order chi connectivity index (χ0) is 33.5. The Morgan fingerprint density at radius 3 is 0.816 bits per heavy atom. The zero-order valence-corrected chi connectivity index (χ0v) is 27.5. The molecule has 0 aliphatic rings. The van der Waals surface area contributed by atoms with Gasteiger partial charge < -0.3 is 18.6 Å². The van der Waals surface area contributed by atoms with Gasteiger partial charge in [0.25, 0.3) is 0 Å². The van der Waals surface area contributed by atoms with Crippen LogP contribution in [0.5, 0.6) is 23.0 Å². The van der Waals surface area contributed by atoms with E-state index in [4.69, 9.17) is 38.6 Å². The topological polar surface area (TPSA) is 88.5 Å². The Bertz CT molecular complexity index is 2190. The maximum absolute atomic E-state index is 6.97. The molecule has 0 aliphatic carbocycles. The summed E-state index contributed by atoms with van der Waals surface area (Å²) in [5.74, 6) is 1.66. The standard InChI is InChI=1S/C40H32BN4O4/c1-25-17-21-29-9-5-13-33(37(29)42-25)46-41(47-34-14-6-10-30-22-18-26(2)43-38(30)34,48-35-15-7-11-31-23-19-27(3)44-39(31)35)49-36-16-8-12-32-24-20-28(4)45-40(32)36/h5-24H,1-4H3/q-1. The zero-order valence-electron chi connectivity index (χ0n) is 27.5. The summed E-state index contributed by atoms with van der Waals surface area (Å²) >= 11 is 0. The van der Waals surface area contributed by atoms with Crippen LogP contribution in [0.25, 0.3) is 43.6 Å². The van der Waals surface area contributed by atoms with Crippen LogP contribution in [0.1, 0.15) is 22.8 Å². The van der Waals surface area contributed by atoms with Gasteiger partial charge in [-0.05, 0) is 76.2 Å². The number of benzene rings is 4. The SMILES string of the molecule is Cc1ccc2cccc(O[B-](Oc3cccc4ccc(C)nc34)(Oc3cccc4ccc(C)nc34)Oc3cccc4ccc(C)nc34)c2n1. The molecule has 49 heavy (non-hydrogen) atoms. The lowest BCUT2D eigenvalue weighted by Crippen LogP contribution is -2.60. The number of pyridine rings is 4. The van der Waals surface area contributed by atoms with Crippen molar-refractivity contribution >= 4 is 50.6 Å². The molecular weight excluding hydrogens is 611 g/mol. The summed E-state index contributed by atoms with van der Waals surface area (Å²) in [6.45, 7) is 4.50. The summed E-state index contributed by atoms with van der Waals surface area (Å²) in [4.78, 5) is 19.4. The number of hydrogen-bond donors (Lipinski definition) is 0. The maximum atomic E-state index is 6.97. The van der Waals surface area contributed by atoms with Gasteiger partial charge in [0.2, 0.25) is 0 Å². The van der Waals surface area contributed by atoms with Crippen molar-refractivity contribution in [3.8, 4) is 23.0 Å². The molecule has 0 saturated carbocycles. The van der Waals surface area contributed by atoms with Gasteiger partial charge in [-0.1, -0.05) is 72.8 Å². The van der Waals surface area contributed by atoms with E-state index in [0.29, 0.717) is 45.1 Å². The van der Waals surface area contributed by atoms with Crippen LogP contribution in [0, 0.1) is 27.7 Å². The fraction of sp³-hybridized carbons (Fsp3) is 0.100. The van der Waals surface area contributed by atoms with Crippen LogP contribution in [0.2, 0.25) is 0 Å². The van der Waals surface area contributed by atoms with Gasteiger partial charge in [-0.2, -0.15) is 0 Å². The Morgan fingerprint density at radius 1 is 0.327 bits per heavy atom. The van der Waals surface area contributed by atoms with Crippen LogP contribution in [0.3, 0.4) is 0 Å². The lowest BCUT2D eigenvalue weighted by molar-refractivity contribution is 0.164. The predicted octanol–water partition coefficient (Wildman–Crippen LogP) is 9.16. The van der Waals surface area contributed by atoms with Crippen molar-refractivity contribution < 1.29 is 18.6 Å². The highest BCUT2D eigenvalue weighted by Crippen LogP contribution is 2.36. The van der Waals surface area contributed by atoms with Crippen LogP contribution in [-0.4, -0.2) is 26.9 Å². The molecule has 9 heteroatoms. The Morgan fingerprint density at radius 2 is 0.571 bits per heavy atom. The van der Waals surface area contributed by atoms with Gasteiger partial charge in [0.1, 0.15) is 45.1 Å². The number of rotatable bonds is 8. The van der Waals surface area contributed by atoms with Gasteiger partial charge in [-0.25, -0.2) is 19.9 Å². The fourth-order valence-corrected chi connectivity index (χ4v) is 6.02. The molecule has 8 aromatic rings. The van der Waals surface area contributed by atoms with E-state index < -0.39 is 6.96 Å². The van der Waals surface area contributed by atoms with Crippen molar-refractivity contribution in [1.82, 2.24) is 19.9 Å². The molecule has 0 atom stereocenters. The minimum absolute atomic E-state index is 0.416. The highest BCUT2D eigenvalue weighted by molar-refractivity contribution is 6.57. The molecule has 0 amide bonds. The van der Waals surface area contributed by atoms with Gasteiger partial charge in [-0.3, -0.25) is 0 Å². The van der Waals surface area contributed by atoms with Gasteiger partial charge in [0.05, 0.1) is 0 Å². The third kappa shape index (κ3) is 5.91. The smallest absolute Gasteiger partial charge is 0.610 e. The van der Waals surface area contributed by atoms with E-state index in [2.05, 4.69) is 0 Å². The first-order valence-corrected chi connectivity index (χ1v) is 16.2. The Labute approximate surface area is 283 Å². The molecule has 240 valence electrons. The highest BCUT2D eigenvalue weighted by atomic mass is 16.9. The van der Waals surface area contributed by atoms with Crippen molar-refractivity contribution in [3.63, 3.8) is 0 Å². The second-order valence-electron chi connectivity index (χ2n) is 12.2. The van der Waals surface area contributed by atoms with E-state index in [9.17, 15) is 0 Å². The van der Waals surface area contributed by atoms with E-state index >= 15 is 0 Å². The molecule has 8 rings (SSSR count). The quantitative estimate of drug-likeness (QED) is 0.152. The van der Waals surface area contributed by atoms with E-state index in [-0.39, 0.29) is 0 Å². The summed E-state index contributed by atoms with van der Waals surface area (Å²) < 4.78 is 27.9. The molecule has 0 aliphatic heterocycles. The second kappa shape index (κ2) is 12.1. The molecule has 0 fully saturated rings. The Kier molecular flexibility index (Phi) is 7.44. The Hall–Kier alpha value is -6.22. The molecule has 0 spiro atoms. The van der Waals surface area contributed by atoms with Crippen LogP contribution >= 0.6 is 0 Å². The summed E-state index contributed by atoms with van der Waals surface area (Å²) in [5, 5.41) is 3.56. The first kappa shape index (κ1) is 30.1. The van der Waals surface area contributed by atoms with Crippen molar-refractivity contribution in [2.24, 2.45) is 0 Å². The first-order valence-electron chi connectivity index (χ1n) is 16.2. The average Bonchev–Trinajstić information content (AvgIpc) is 3.09. The van der Waals surface area contributed by atoms with Crippen LogP contribution in [0.4, 0.5) is 0 Å². The third-order valence-corrected chi connectivity index (χ3v) is 8.38. The average molecular weight is 644 g/mol. The summed E-state index contributed by atoms with van der Waals surface area (Å²) in [5.41, 5.74) is 5.87. The predicted molar refractivity (Wildman–Crippen MR) is 194 cm³/mol. The van der Waals surface area contributed by atoms with E-state index in [1.54, 1.807) is 0 Å². The lowest BCUT2D eigenvalue weighted by atomic mass is 10.0. The van der Waals surface area contributed by atoms with Crippen molar-refractivity contribution in [2.75, 3.05) is 0 Å².